The minimum absolute atomic E-state index is 0.0305. The summed E-state index contributed by atoms with van der Waals surface area (Å²) in [6.07, 6.45) is -1.05. The molecule has 0 bridgehead atoms. The van der Waals surface area contributed by atoms with Crippen molar-refractivity contribution >= 4 is 53.1 Å². The van der Waals surface area contributed by atoms with E-state index in [9.17, 15) is 14.5 Å². The van der Waals surface area contributed by atoms with Crippen LogP contribution >= 0.6 is 19.3 Å². The van der Waals surface area contributed by atoms with Gasteiger partial charge in [-0.2, -0.15) is 15.1 Å². The lowest BCUT2D eigenvalue weighted by atomic mass is 10.1. The van der Waals surface area contributed by atoms with Gasteiger partial charge >= 0.3 is 13.7 Å². The quantitative estimate of drug-likeness (QED) is 0.101. The van der Waals surface area contributed by atoms with E-state index in [1.165, 1.54) is 13.3 Å². The second-order valence-corrected chi connectivity index (χ2v) is 12.4. The van der Waals surface area contributed by atoms with Crippen LogP contribution in [0, 0.1) is 0 Å². The van der Waals surface area contributed by atoms with Gasteiger partial charge in [-0.15, -0.1) is 0 Å². The summed E-state index contributed by atoms with van der Waals surface area (Å²) in [5.74, 6) is -0.298. The number of esters is 1. The van der Waals surface area contributed by atoms with Crippen molar-refractivity contribution < 1.29 is 33.0 Å². The Morgan fingerprint density at radius 1 is 1.16 bits per heavy atom. The fourth-order valence-corrected chi connectivity index (χ4v) is 6.98. The van der Waals surface area contributed by atoms with Crippen molar-refractivity contribution in [2.75, 3.05) is 12.3 Å². The van der Waals surface area contributed by atoms with Crippen molar-refractivity contribution in [1.29, 1.82) is 0 Å². The van der Waals surface area contributed by atoms with Gasteiger partial charge < -0.3 is 24.8 Å². The number of hydrogen-bond acceptors (Lipinski definition) is 11. The Morgan fingerprint density at radius 3 is 2.71 bits per heavy atom. The summed E-state index contributed by atoms with van der Waals surface area (Å²) in [5, 5.41) is 14.4. The summed E-state index contributed by atoms with van der Waals surface area (Å²) >= 11 is 6.03. The number of carbonyl (C=O) groups excluding carboxylic acids is 1. The zero-order valence-electron chi connectivity index (χ0n) is 24.0. The summed E-state index contributed by atoms with van der Waals surface area (Å²) in [4.78, 5) is 25.4. The third-order valence-corrected chi connectivity index (χ3v) is 9.12. The molecule has 0 saturated carbocycles. The zero-order valence-corrected chi connectivity index (χ0v) is 25.7. The summed E-state index contributed by atoms with van der Waals surface area (Å²) in [7, 11) is -4.35. The van der Waals surface area contributed by atoms with E-state index < -0.39 is 44.8 Å². The first-order valence-electron chi connectivity index (χ1n) is 14.1. The molecule has 234 valence electrons. The molecule has 5 aromatic rings. The molecule has 0 radical (unpaired) electrons. The molecule has 2 unspecified atom stereocenters. The molecule has 0 aliphatic carbocycles. The number of hydrogen-bond donors (Lipinski definition) is 3. The van der Waals surface area contributed by atoms with Gasteiger partial charge in [0.15, 0.2) is 11.5 Å². The van der Waals surface area contributed by atoms with E-state index in [-0.39, 0.29) is 29.9 Å². The standard InChI is InChI=1S/C30H30ClN6O7P/c1-18(29(39)41-16-19-8-3-2-4-9-19)36-45(40,43-22-13-7-11-20-10-5-6-12-21(20)22)44-23-14-25(42-24(23)15-38)37-17-33-26-27(32)34-30(31)35-28(26)37/h2-13,17-18,23-25,38H,14-16H2,1H3,(H,36,40)(H2,32,34,35)/t18-,23+,24?,25+,45?/m0/s1. The van der Waals surface area contributed by atoms with Gasteiger partial charge in [-0.25, -0.2) is 9.55 Å². The Morgan fingerprint density at radius 2 is 1.91 bits per heavy atom. The van der Waals surface area contributed by atoms with Gasteiger partial charge in [0.25, 0.3) is 0 Å². The zero-order chi connectivity index (χ0) is 31.6. The summed E-state index contributed by atoms with van der Waals surface area (Å²) < 4.78 is 39.9. The highest BCUT2D eigenvalue weighted by atomic mass is 35.5. The maximum Gasteiger partial charge on any atom is 0.459 e. The third kappa shape index (κ3) is 6.79. The van der Waals surface area contributed by atoms with Gasteiger partial charge in [0, 0.05) is 11.8 Å². The van der Waals surface area contributed by atoms with Crippen LogP contribution in [0.5, 0.6) is 5.75 Å². The Balaban J connectivity index is 1.26. The van der Waals surface area contributed by atoms with Crippen molar-refractivity contribution in [2.24, 2.45) is 0 Å². The largest absolute Gasteiger partial charge is 0.460 e. The molecule has 5 atom stereocenters. The van der Waals surface area contributed by atoms with Gasteiger partial charge in [0.05, 0.1) is 12.9 Å². The molecule has 15 heteroatoms. The molecular weight excluding hydrogens is 623 g/mol. The highest BCUT2D eigenvalue weighted by molar-refractivity contribution is 7.52. The number of anilines is 1. The van der Waals surface area contributed by atoms with E-state index in [0.717, 1.165) is 10.9 Å². The first-order valence-corrected chi connectivity index (χ1v) is 16.0. The molecule has 1 aliphatic rings. The number of imidazole rings is 1. The van der Waals surface area contributed by atoms with Crippen molar-refractivity contribution in [3.05, 3.63) is 90.0 Å². The predicted octanol–water partition coefficient (Wildman–Crippen LogP) is 4.79. The van der Waals surface area contributed by atoms with Gasteiger partial charge in [-0.05, 0) is 35.5 Å². The lowest BCUT2D eigenvalue weighted by Crippen LogP contribution is -2.37. The van der Waals surface area contributed by atoms with Crippen LogP contribution < -0.4 is 15.3 Å². The van der Waals surface area contributed by atoms with Gasteiger partial charge in [0.1, 0.15) is 42.4 Å². The fourth-order valence-electron chi connectivity index (χ4n) is 5.07. The Bertz CT molecular complexity index is 1870. The molecular formula is C30H30ClN6O7P. The topological polar surface area (TPSA) is 173 Å². The number of nitrogens with one attached hydrogen (secondary N) is 1. The van der Waals surface area contributed by atoms with E-state index in [4.69, 9.17) is 35.9 Å². The minimum Gasteiger partial charge on any atom is -0.460 e. The Kier molecular flexibility index (Phi) is 8.99. The van der Waals surface area contributed by atoms with Crippen LogP contribution in [0.4, 0.5) is 5.82 Å². The van der Waals surface area contributed by atoms with Crippen molar-refractivity contribution in [3.8, 4) is 5.75 Å². The van der Waals surface area contributed by atoms with Crippen LogP contribution in [0.25, 0.3) is 21.9 Å². The first-order chi connectivity index (χ1) is 21.7. The Labute approximate surface area is 262 Å². The number of nitrogens with zero attached hydrogens (tertiary/aromatic N) is 4. The van der Waals surface area contributed by atoms with E-state index in [0.29, 0.717) is 16.6 Å². The summed E-state index contributed by atoms with van der Waals surface area (Å²) in [5.41, 5.74) is 7.39. The molecule has 1 fully saturated rings. The third-order valence-electron chi connectivity index (χ3n) is 7.26. The molecule has 6 rings (SSSR count). The number of aromatic nitrogens is 4. The number of ether oxygens (including phenoxy) is 2. The number of aliphatic hydroxyl groups is 1. The van der Waals surface area contributed by atoms with Gasteiger partial charge in [-0.1, -0.05) is 66.7 Å². The van der Waals surface area contributed by atoms with Crippen molar-refractivity contribution in [3.63, 3.8) is 0 Å². The minimum atomic E-state index is -4.35. The Hall–Kier alpha value is -4.10. The lowest BCUT2D eigenvalue weighted by molar-refractivity contribution is -0.146. The monoisotopic (exact) mass is 652 g/mol. The average molecular weight is 653 g/mol. The van der Waals surface area contributed by atoms with Crippen LogP contribution in [-0.4, -0.2) is 55.5 Å². The molecule has 2 aromatic heterocycles. The molecule has 0 spiro atoms. The molecule has 1 saturated heterocycles. The number of aliphatic hydroxyl groups excluding tert-OH is 1. The van der Waals surface area contributed by atoms with E-state index in [1.807, 2.05) is 60.7 Å². The number of halogens is 1. The second-order valence-electron chi connectivity index (χ2n) is 10.4. The molecule has 1 aliphatic heterocycles. The number of rotatable bonds is 11. The highest BCUT2D eigenvalue weighted by Crippen LogP contribution is 2.50. The highest BCUT2D eigenvalue weighted by Gasteiger charge is 2.44. The second kappa shape index (κ2) is 13.1. The normalized spacial score (nSPS) is 20.2. The average Bonchev–Trinajstić information content (AvgIpc) is 3.64. The molecule has 13 nitrogen and oxygen atoms in total. The molecule has 4 N–H and O–H groups in total. The van der Waals surface area contributed by atoms with Crippen LogP contribution in [0.15, 0.2) is 79.1 Å². The van der Waals surface area contributed by atoms with Gasteiger partial charge in [0.2, 0.25) is 5.28 Å². The number of fused-ring (bicyclic) bond motifs is 2. The number of nitrogens with two attached hydrogens (primary N) is 1. The van der Waals surface area contributed by atoms with Crippen LogP contribution in [0.1, 0.15) is 25.1 Å². The predicted molar refractivity (Wildman–Crippen MR) is 166 cm³/mol. The maximum atomic E-state index is 14.6. The van der Waals surface area contributed by atoms with Crippen LogP contribution in [0.3, 0.4) is 0 Å². The van der Waals surface area contributed by atoms with Crippen LogP contribution in [-0.2, 0) is 30.0 Å². The summed E-state index contributed by atoms with van der Waals surface area (Å²) in [6.45, 7) is 1.07. The number of nitrogen functional groups attached to an aromatic ring is 1. The fraction of sp³-hybridized carbons (Fsp3) is 0.267. The first kappa shape index (κ1) is 30.9. The van der Waals surface area contributed by atoms with Crippen LogP contribution in [0.2, 0.25) is 5.28 Å². The van der Waals surface area contributed by atoms with E-state index in [2.05, 4.69) is 20.0 Å². The molecule has 3 heterocycles. The summed E-state index contributed by atoms with van der Waals surface area (Å²) in [6, 6.07) is 20.8. The van der Waals surface area contributed by atoms with Crippen molar-refractivity contribution in [2.45, 2.75) is 44.4 Å². The molecule has 0 amide bonds. The lowest BCUT2D eigenvalue weighted by Gasteiger charge is -2.27. The maximum absolute atomic E-state index is 14.6. The van der Waals surface area contributed by atoms with Crippen molar-refractivity contribution in [1.82, 2.24) is 24.6 Å². The smallest absolute Gasteiger partial charge is 0.459 e. The molecule has 45 heavy (non-hydrogen) atoms. The number of benzene rings is 3. The van der Waals surface area contributed by atoms with E-state index in [1.54, 1.807) is 16.7 Å². The SMILES string of the molecule is C[C@H](NP(=O)(Oc1cccc2ccccc12)O[C@@H]1C[C@H](n2cnc3c(N)nc(Cl)nc32)OC1CO)C(=O)OCc1ccccc1. The molecule has 3 aromatic carbocycles. The van der Waals surface area contributed by atoms with E-state index >= 15 is 0 Å². The number of carbonyl (C=O) groups is 1. The van der Waals surface area contributed by atoms with Gasteiger partial charge in [-0.3, -0.25) is 13.9 Å².